The molecule has 6 atom stereocenters. The zero-order chi connectivity index (χ0) is 35.6. The van der Waals surface area contributed by atoms with Crippen LogP contribution in [0.15, 0.2) is 22.0 Å². The maximum atomic E-state index is 13.4. The fourth-order valence-electron chi connectivity index (χ4n) is 4.76. The van der Waals surface area contributed by atoms with Crippen LogP contribution in [-0.2, 0) is 24.0 Å². The summed E-state index contributed by atoms with van der Waals surface area (Å²) in [4.78, 5) is 84.3. The molecule has 268 valence electrons. The van der Waals surface area contributed by atoms with Crippen LogP contribution in [0.4, 0.5) is 0 Å². The highest BCUT2D eigenvalue weighted by Crippen LogP contribution is 2.10. The minimum Gasteiger partial charge on any atom is -0.438 e. The molecule has 2 heterocycles. The summed E-state index contributed by atoms with van der Waals surface area (Å²) in [6.45, 7) is 5.48. The summed E-state index contributed by atoms with van der Waals surface area (Å²) in [5.74, 6) is -3.97. The van der Waals surface area contributed by atoms with Crippen molar-refractivity contribution < 1.29 is 38.3 Å². The van der Waals surface area contributed by atoms with Gasteiger partial charge in [-0.15, -0.1) is 0 Å². The Labute approximate surface area is 279 Å². The van der Waals surface area contributed by atoms with E-state index in [1.54, 1.807) is 6.92 Å². The molecule has 6 amide bonds. The van der Waals surface area contributed by atoms with Gasteiger partial charge in [-0.1, -0.05) is 13.3 Å². The topological polar surface area (TPSA) is 285 Å². The average Bonchev–Trinajstić information content (AvgIpc) is 3.58. The minimum atomic E-state index is -1.32. The number of aliphatic hydroxyl groups is 1. The third-order valence-electron chi connectivity index (χ3n) is 7.72. The molecule has 0 aromatic carbocycles. The Morgan fingerprint density at radius 2 is 1.79 bits per heavy atom. The van der Waals surface area contributed by atoms with E-state index in [1.807, 2.05) is 0 Å². The molecule has 1 aliphatic heterocycles. The molecular weight excluding hydrogens is 628 g/mol. The van der Waals surface area contributed by atoms with Crippen LogP contribution >= 0.6 is 0 Å². The molecule has 1 aromatic heterocycles. The van der Waals surface area contributed by atoms with Gasteiger partial charge in [0.25, 0.3) is 5.91 Å². The van der Waals surface area contributed by atoms with Crippen LogP contribution in [0, 0.1) is 5.92 Å². The molecule has 2 rings (SSSR count). The summed E-state index contributed by atoms with van der Waals surface area (Å²) >= 11 is 0. The Balaban J connectivity index is 2.10. The third kappa shape index (κ3) is 13.9. The van der Waals surface area contributed by atoms with Gasteiger partial charge in [0, 0.05) is 25.6 Å². The number of rotatable bonds is 10. The normalized spacial score (nSPS) is 23.5. The Morgan fingerprint density at radius 1 is 1.04 bits per heavy atom. The predicted molar refractivity (Wildman–Crippen MR) is 174 cm³/mol. The lowest BCUT2D eigenvalue weighted by molar-refractivity contribution is -0.136. The van der Waals surface area contributed by atoms with Crippen molar-refractivity contribution in [3.8, 4) is 0 Å². The van der Waals surface area contributed by atoms with Crippen molar-refractivity contribution in [2.24, 2.45) is 22.4 Å². The van der Waals surface area contributed by atoms with Crippen LogP contribution in [0.2, 0.25) is 0 Å². The molecule has 0 unspecified atom stereocenters. The number of unbranched alkanes of at least 4 members (excludes halogenated alkanes) is 1. The first-order chi connectivity index (χ1) is 22.8. The number of primary amides is 1. The molecule has 0 saturated carbocycles. The van der Waals surface area contributed by atoms with Crippen LogP contribution in [0.1, 0.15) is 82.7 Å². The third-order valence-corrected chi connectivity index (χ3v) is 7.72. The first kappa shape index (κ1) is 39.4. The zero-order valence-electron chi connectivity index (χ0n) is 27.8. The monoisotopic (exact) mass is 678 g/mol. The summed E-state index contributed by atoms with van der Waals surface area (Å²) in [7, 11) is 0. The Morgan fingerprint density at radius 3 is 2.46 bits per heavy atom. The number of nitrogens with two attached hydrogens (primary N) is 2. The van der Waals surface area contributed by atoms with Crippen molar-refractivity contribution in [3.63, 3.8) is 0 Å². The Kier molecular flexibility index (Phi) is 16.8. The van der Waals surface area contributed by atoms with Gasteiger partial charge >= 0.3 is 0 Å². The van der Waals surface area contributed by atoms with Crippen LogP contribution in [0.5, 0.6) is 0 Å². The number of carbonyl (C=O) groups is 6. The molecule has 0 spiro atoms. The van der Waals surface area contributed by atoms with E-state index in [2.05, 4.69) is 41.9 Å². The van der Waals surface area contributed by atoms with E-state index < -0.39 is 71.6 Å². The van der Waals surface area contributed by atoms with Crippen LogP contribution in [0.3, 0.4) is 0 Å². The number of amides is 6. The zero-order valence-corrected chi connectivity index (χ0v) is 27.8. The van der Waals surface area contributed by atoms with Crippen LogP contribution in [0.25, 0.3) is 0 Å². The van der Waals surface area contributed by atoms with Crippen molar-refractivity contribution >= 4 is 41.4 Å². The van der Waals surface area contributed by atoms with Gasteiger partial charge in [0.05, 0.1) is 12.3 Å². The number of hydrogen-bond acceptors (Lipinski definition) is 12. The molecule has 0 fully saturated rings. The highest BCUT2D eigenvalue weighted by atomic mass is 16.3. The lowest BCUT2D eigenvalue weighted by Gasteiger charge is -2.26. The molecule has 11 N–H and O–H groups in total. The first-order valence-electron chi connectivity index (χ1n) is 16.2. The van der Waals surface area contributed by atoms with Gasteiger partial charge < -0.3 is 52.9 Å². The number of aliphatic hydroxyl groups excluding tert-OH is 1. The predicted octanol–water partition coefficient (Wildman–Crippen LogP) is -2.10. The number of aromatic nitrogens is 1. The molecule has 0 bridgehead atoms. The molecule has 1 aliphatic rings. The number of carbonyl (C=O) groups excluding carboxylic acids is 6. The number of guanidine groups is 1. The van der Waals surface area contributed by atoms with Crippen molar-refractivity contribution in [2.75, 3.05) is 19.6 Å². The molecular formula is C30H50N10O8. The van der Waals surface area contributed by atoms with Gasteiger partial charge in [-0.05, 0) is 58.8 Å². The smallest absolute Gasteiger partial charge is 0.288 e. The SMILES string of the molecule is C[C@@H]1NC(=O)[C@H]([C@H](C)O)NC(=O)[C@@H](C)CCCCNC(N)=NCCC[C@H](C(=O)N[C@@H](CCCCNC(=O)c2cnco2)C(N)=O)NC1=O. The molecule has 1 aromatic rings. The maximum Gasteiger partial charge on any atom is 0.288 e. The van der Waals surface area contributed by atoms with Crippen molar-refractivity contribution in [1.29, 1.82) is 0 Å². The quantitative estimate of drug-likeness (QED) is 0.121. The fourth-order valence-corrected chi connectivity index (χ4v) is 4.76. The molecule has 18 heteroatoms. The van der Waals surface area contributed by atoms with Crippen molar-refractivity contribution in [1.82, 2.24) is 36.9 Å². The van der Waals surface area contributed by atoms with Gasteiger partial charge in [0.1, 0.15) is 24.2 Å². The number of hydrogen-bond donors (Lipinski definition) is 9. The summed E-state index contributed by atoms with van der Waals surface area (Å²) < 4.78 is 4.93. The fraction of sp³-hybridized carbons (Fsp3) is 0.667. The van der Waals surface area contributed by atoms with Gasteiger partial charge in [0.15, 0.2) is 12.4 Å². The van der Waals surface area contributed by atoms with E-state index in [1.165, 1.54) is 20.0 Å². The first-order valence-corrected chi connectivity index (χ1v) is 16.2. The van der Waals surface area contributed by atoms with E-state index in [9.17, 15) is 33.9 Å². The largest absolute Gasteiger partial charge is 0.438 e. The standard InChI is InChI=1S/C30H50N10O8/c1-17-9-4-6-13-35-30(32)36-14-8-11-21(39-26(44)18(2)37-29(47)23(19(3)41)40-25(17)43)27(45)38-20(24(31)42)10-5-7-12-34-28(46)22-15-33-16-48-22/h15-21,23,41H,4-14H2,1-3H3,(H2,31,42)(H,34,46)(H,37,47)(H,38,45)(H,39,44)(H,40,43)(H3,32,35,36)/t17-,18-,19-,20-,21+,23-/m0/s1. The van der Waals surface area contributed by atoms with Crippen LogP contribution in [-0.4, -0.2) is 101 Å². The number of nitrogens with zero attached hydrogens (tertiary/aromatic N) is 2. The highest BCUT2D eigenvalue weighted by molar-refractivity contribution is 5.95. The average molecular weight is 679 g/mol. The van der Waals surface area contributed by atoms with Crippen LogP contribution < -0.4 is 43.4 Å². The molecule has 48 heavy (non-hydrogen) atoms. The Bertz CT molecular complexity index is 1260. The number of aliphatic imine (C=N–C) groups is 1. The van der Waals surface area contributed by atoms with Gasteiger partial charge in [-0.2, -0.15) is 0 Å². The second-order valence-corrected chi connectivity index (χ2v) is 11.8. The Hall–Kier alpha value is -4.74. The molecule has 0 aliphatic carbocycles. The van der Waals surface area contributed by atoms with E-state index in [0.717, 1.165) is 6.39 Å². The molecule has 18 nitrogen and oxygen atoms in total. The summed E-state index contributed by atoms with van der Waals surface area (Å²) in [5.41, 5.74) is 11.5. The second-order valence-electron chi connectivity index (χ2n) is 11.8. The summed E-state index contributed by atoms with van der Waals surface area (Å²) in [5, 5.41) is 26.1. The highest BCUT2D eigenvalue weighted by Gasteiger charge is 2.31. The van der Waals surface area contributed by atoms with Gasteiger partial charge in [-0.3, -0.25) is 33.8 Å². The van der Waals surface area contributed by atoms with E-state index in [4.69, 9.17) is 15.9 Å². The van der Waals surface area contributed by atoms with E-state index >= 15 is 0 Å². The second kappa shape index (κ2) is 20.5. The van der Waals surface area contributed by atoms with Crippen molar-refractivity contribution in [3.05, 3.63) is 18.4 Å². The lowest BCUT2D eigenvalue weighted by atomic mass is 10.0. The summed E-state index contributed by atoms with van der Waals surface area (Å²) in [6, 6.07) is -4.67. The number of oxazole rings is 1. The molecule has 0 radical (unpaired) electrons. The maximum absolute atomic E-state index is 13.4. The van der Waals surface area contributed by atoms with Gasteiger partial charge in [-0.25, -0.2) is 4.98 Å². The van der Waals surface area contributed by atoms with Crippen molar-refractivity contribution in [2.45, 2.75) is 102 Å². The molecule has 0 saturated heterocycles. The van der Waals surface area contributed by atoms with E-state index in [0.29, 0.717) is 45.1 Å². The minimum absolute atomic E-state index is 0.0630. The van der Waals surface area contributed by atoms with Gasteiger partial charge in [0.2, 0.25) is 35.3 Å². The number of nitrogens with one attached hydrogen (secondary N) is 6. The summed E-state index contributed by atoms with van der Waals surface area (Å²) in [6.07, 6.45) is 4.62. The lowest BCUT2D eigenvalue weighted by Crippen LogP contribution is -2.59. The van der Waals surface area contributed by atoms with E-state index in [-0.39, 0.29) is 37.7 Å².